The van der Waals surface area contributed by atoms with E-state index in [2.05, 4.69) is 5.92 Å². The Bertz CT molecular complexity index is 87.6. The zero-order chi connectivity index (χ0) is 7.11. The Morgan fingerprint density at radius 1 is 1.33 bits per heavy atom. The fourth-order valence-electron chi connectivity index (χ4n) is 0.447. The van der Waals surface area contributed by atoms with Crippen molar-refractivity contribution in [2.45, 2.75) is 20.1 Å². The zero-order valence-electron chi connectivity index (χ0n) is 5.89. The van der Waals surface area contributed by atoms with Crippen LogP contribution in [0.2, 0.25) is 0 Å². The summed E-state index contributed by atoms with van der Waals surface area (Å²) in [6.45, 7) is 4.94. The molecule has 0 aliphatic rings. The molecule has 0 aliphatic carbocycles. The van der Waals surface area contributed by atoms with E-state index in [0.29, 0.717) is 13.2 Å². The molecule has 0 atom stereocenters. The van der Waals surface area contributed by atoms with Crippen molar-refractivity contribution in [1.29, 1.82) is 0 Å². The maximum Gasteiger partial charge on any atom is 0.222 e. The van der Waals surface area contributed by atoms with Gasteiger partial charge in [-0.05, 0) is 19.8 Å². The largest absolute Gasteiger partial charge is 0.342 e. The first kappa shape index (κ1) is 8.48. The van der Waals surface area contributed by atoms with Crippen molar-refractivity contribution in [3.05, 3.63) is 0 Å². The van der Waals surface area contributed by atoms with Crippen LogP contribution >= 0.6 is 0 Å². The molecular weight excluding hydrogens is 117 g/mol. The van der Waals surface area contributed by atoms with Crippen molar-refractivity contribution in [3.63, 3.8) is 0 Å². The van der Waals surface area contributed by atoms with Gasteiger partial charge in [-0.25, -0.2) is 0 Å². The Kier molecular flexibility index (Phi) is 5.29. The van der Waals surface area contributed by atoms with Crippen LogP contribution in [0.3, 0.4) is 0 Å². The highest BCUT2D eigenvalue weighted by atomic mass is 16.7. The second-order valence-electron chi connectivity index (χ2n) is 1.41. The monoisotopic (exact) mass is 129 g/mol. The summed E-state index contributed by atoms with van der Waals surface area (Å²) in [6.07, 6.45) is 4.59. The number of ether oxygens (including phenoxy) is 2. The molecule has 0 heterocycles. The van der Waals surface area contributed by atoms with E-state index in [0.717, 1.165) is 0 Å². The molecule has 0 saturated heterocycles. The molecule has 9 heavy (non-hydrogen) atoms. The molecule has 0 aliphatic heterocycles. The minimum absolute atomic E-state index is 0.458. The van der Waals surface area contributed by atoms with Gasteiger partial charge in [0.05, 0.1) is 0 Å². The predicted octanol–water partition coefficient (Wildman–Crippen LogP) is 1.02. The van der Waals surface area contributed by atoms with E-state index in [1.165, 1.54) is 0 Å². The third-order valence-electron chi connectivity index (χ3n) is 0.772. The smallest absolute Gasteiger partial charge is 0.222 e. The molecule has 52 valence electrons. The SMILES string of the molecule is CCOC(C#[13CH])OCC. The van der Waals surface area contributed by atoms with E-state index >= 15 is 0 Å². The van der Waals surface area contributed by atoms with Gasteiger partial charge in [0.15, 0.2) is 0 Å². The molecule has 0 amide bonds. The molecular formula is C7H12O2. The molecule has 0 fully saturated rings. The van der Waals surface area contributed by atoms with Crippen molar-refractivity contribution < 1.29 is 9.47 Å². The Labute approximate surface area is 56.2 Å². The van der Waals surface area contributed by atoms with Crippen molar-refractivity contribution in [1.82, 2.24) is 0 Å². The molecule has 2 heteroatoms. The quantitative estimate of drug-likeness (QED) is 0.320. The standard InChI is InChI=1S/C7H12O2/c1-4-7(8-5-2)9-6-3/h1,7H,5-6H2,2-3H3/i1+1. The first-order chi connectivity index (χ1) is 4.35. The Morgan fingerprint density at radius 2 is 1.78 bits per heavy atom. The molecule has 0 saturated carbocycles. The number of hydrogen-bond acceptors (Lipinski definition) is 2. The van der Waals surface area contributed by atoms with E-state index in [1.54, 1.807) is 0 Å². The zero-order valence-corrected chi connectivity index (χ0v) is 5.89. The highest BCUT2D eigenvalue weighted by Gasteiger charge is 1.99. The van der Waals surface area contributed by atoms with E-state index in [9.17, 15) is 0 Å². The molecule has 0 radical (unpaired) electrons. The van der Waals surface area contributed by atoms with Crippen LogP contribution in [0.25, 0.3) is 0 Å². The minimum atomic E-state index is -0.458. The Balaban J connectivity index is 3.32. The Morgan fingerprint density at radius 3 is 2.00 bits per heavy atom. The second-order valence-corrected chi connectivity index (χ2v) is 1.41. The molecule has 0 aromatic carbocycles. The Hall–Kier alpha value is -0.520. The van der Waals surface area contributed by atoms with Gasteiger partial charge in [-0.2, -0.15) is 0 Å². The number of hydrogen-bond donors (Lipinski definition) is 0. The van der Waals surface area contributed by atoms with Gasteiger partial charge in [0.25, 0.3) is 0 Å². The van der Waals surface area contributed by atoms with Crippen LogP contribution in [-0.4, -0.2) is 19.5 Å². The maximum absolute atomic E-state index is 5.04. The van der Waals surface area contributed by atoms with Crippen LogP contribution in [0.15, 0.2) is 0 Å². The molecule has 0 unspecified atom stereocenters. The highest BCUT2D eigenvalue weighted by molar-refractivity contribution is 4.88. The molecule has 0 aromatic rings. The van der Waals surface area contributed by atoms with Crippen LogP contribution in [0.4, 0.5) is 0 Å². The molecule has 0 aromatic heterocycles. The molecule has 2 nitrogen and oxygen atoms in total. The fraction of sp³-hybridized carbons (Fsp3) is 0.714. The molecule has 0 spiro atoms. The summed E-state index contributed by atoms with van der Waals surface area (Å²) < 4.78 is 9.95. The van der Waals surface area contributed by atoms with Crippen LogP contribution in [-0.2, 0) is 9.47 Å². The van der Waals surface area contributed by atoms with Crippen molar-refractivity contribution in [2.24, 2.45) is 0 Å². The first-order valence-corrected chi connectivity index (χ1v) is 3.04. The van der Waals surface area contributed by atoms with Gasteiger partial charge in [-0.1, -0.05) is 0 Å². The second kappa shape index (κ2) is 5.61. The average Bonchev–Trinajstić information content (AvgIpc) is 1.88. The third-order valence-corrected chi connectivity index (χ3v) is 0.772. The molecule has 0 bridgehead atoms. The summed E-state index contributed by atoms with van der Waals surface area (Å²) in [5.41, 5.74) is 0. The molecule has 0 N–H and O–H groups in total. The van der Waals surface area contributed by atoms with Crippen LogP contribution in [0.1, 0.15) is 13.8 Å². The van der Waals surface area contributed by atoms with Crippen LogP contribution < -0.4 is 0 Å². The van der Waals surface area contributed by atoms with E-state index in [1.807, 2.05) is 13.8 Å². The van der Waals surface area contributed by atoms with E-state index < -0.39 is 6.29 Å². The fourth-order valence-corrected chi connectivity index (χ4v) is 0.447. The third kappa shape index (κ3) is 4.01. The summed E-state index contributed by atoms with van der Waals surface area (Å²) in [6, 6.07) is 0. The predicted molar refractivity (Wildman–Crippen MR) is 35.9 cm³/mol. The van der Waals surface area contributed by atoms with Gasteiger partial charge in [-0.3, -0.25) is 0 Å². The summed E-state index contributed by atoms with van der Waals surface area (Å²) in [4.78, 5) is 0. The van der Waals surface area contributed by atoms with Crippen molar-refractivity contribution in [3.8, 4) is 12.3 Å². The number of rotatable bonds is 4. The lowest BCUT2D eigenvalue weighted by Gasteiger charge is -2.08. The first-order valence-electron chi connectivity index (χ1n) is 3.04. The van der Waals surface area contributed by atoms with E-state index in [-0.39, 0.29) is 0 Å². The van der Waals surface area contributed by atoms with Gasteiger partial charge in [0, 0.05) is 13.2 Å². The average molecular weight is 129 g/mol. The van der Waals surface area contributed by atoms with Crippen molar-refractivity contribution >= 4 is 0 Å². The summed E-state index contributed by atoms with van der Waals surface area (Å²) in [5.74, 6) is 2.36. The number of terminal acetylenes is 1. The topological polar surface area (TPSA) is 18.5 Å². The van der Waals surface area contributed by atoms with Gasteiger partial charge in [0.1, 0.15) is 0 Å². The van der Waals surface area contributed by atoms with E-state index in [4.69, 9.17) is 15.9 Å². The summed E-state index contributed by atoms with van der Waals surface area (Å²) >= 11 is 0. The lowest BCUT2D eigenvalue weighted by Crippen LogP contribution is -2.14. The summed E-state index contributed by atoms with van der Waals surface area (Å²) in [5, 5.41) is 0. The van der Waals surface area contributed by atoms with Gasteiger partial charge >= 0.3 is 0 Å². The normalized spacial score (nSPS) is 9.56. The van der Waals surface area contributed by atoms with Crippen LogP contribution in [0, 0.1) is 12.3 Å². The van der Waals surface area contributed by atoms with Gasteiger partial charge < -0.3 is 9.47 Å². The minimum Gasteiger partial charge on any atom is -0.342 e. The van der Waals surface area contributed by atoms with Crippen molar-refractivity contribution in [2.75, 3.05) is 13.2 Å². The lowest BCUT2D eigenvalue weighted by molar-refractivity contribution is -0.0969. The van der Waals surface area contributed by atoms with Gasteiger partial charge in [0.2, 0.25) is 6.29 Å². The van der Waals surface area contributed by atoms with Gasteiger partial charge in [-0.15, -0.1) is 6.42 Å². The van der Waals surface area contributed by atoms with Crippen LogP contribution in [0.5, 0.6) is 0 Å². The highest BCUT2D eigenvalue weighted by Crippen LogP contribution is 1.90. The lowest BCUT2D eigenvalue weighted by atomic mass is 10.7. The maximum atomic E-state index is 5.04. The molecule has 0 rings (SSSR count). The summed E-state index contributed by atoms with van der Waals surface area (Å²) in [7, 11) is 0.